The molecule has 0 amide bonds. The predicted molar refractivity (Wildman–Crippen MR) is 94.6 cm³/mol. The summed E-state index contributed by atoms with van der Waals surface area (Å²) in [6, 6.07) is 0. The highest BCUT2D eigenvalue weighted by Crippen LogP contribution is 2.74. The molecule has 0 saturated heterocycles. The molecule has 0 heterocycles. The van der Waals surface area contributed by atoms with Crippen LogP contribution in [0.1, 0.15) is 86.0 Å². The Morgan fingerprint density at radius 2 is 1.45 bits per heavy atom. The van der Waals surface area contributed by atoms with Crippen molar-refractivity contribution < 1.29 is 0 Å². The molecule has 9 atom stereocenters. The molecule has 0 aromatic rings. The Morgan fingerprint density at radius 3 is 2.23 bits per heavy atom. The molecular weight excluding hydrogens is 264 g/mol. The third-order valence-electron chi connectivity index (χ3n) is 10.1. The SMILES string of the molecule is CC1C2CCCCC(C)C34CCCC(C)C(C)(C2C1C3)C4C. The first-order valence-corrected chi connectivity index (χ1v) is 10.4. The van der Waals surface area contributed by atoms with Crippen molar-refractivity contribution in [2.75, 3.05) is 0 Å². The summed E-state index contributed by atoms with van der Waals surface area (Å²) in [5.41, 5.74) is 1.31. The monoisotopic (exact) mass is 302 g/mol. The van der Waals surface area contributed by atoms with E-state index in [-0.39, 0.29) is 0 Å². The van der Waals surface area contributed by atoms with Crippen LogP contribution < -0.4 is 0 Å². The third kappa shape index (κ3) is 1.71. The summed E-state index contributed by atoms with van der Waals surface area (Å²) < 4.78 is 0. The Labute approximate surface area is 138 Å². The van der Waals surface area contributed by atoms with Crippen molar-refractivity contribution in [2.24, 2.45) is 52.3 Å². The second kappa shape index (κ2) is 5.00. The summed E-state index contributed by atoms with van der Waals surface area (Å²) in [6.45, 7) is 13.3. The van der Waals surface area contributed by atoms with Crippen molar-refractivity contribution in [1.29, 1.82) is 0 Å². The highest BCUT2D eigenvalue weighted by Gasteiger charge is 2.67. The van der Waals surface area contributed by atoms with Crippen LogP contribution in [0.4, 0.5) is 0 Å². The summed E-state index contributed by atoms with van der Waals surface area (Å²) in [5, 5.41) is 0. The van der Waals surface area contributed by atoms with Gasteiger partial charge in [0.1, 0.15) is 0 Å². The molecule has 126 valence electrons. The molecule has 4 fully saturated rings. The molecule has 4 bridgehead atoms. The van der Waals surface area contributed by atoms with Crippen molar-refractivity contribution in [3.05, 3.63) is 0 Å². The Balaban J connectivity index is 1.86. The fourth-order valence-corrected chi connectivity index (χ4v) is 8.46. The van der Waals surface area contributed by atoms with E-state index in [2.05, 4.69) is 34.6 Å². The van der Waals surface area contributed by atoms with E-state index in [0.717, 1.165) is 41.4 Å². The van der Waals surface area contributed by atoms with Crippen molar-refractivity contribution in [1.82, 2.24) is 0 Å². The number of hydrogen-bond donors (Lipinski definition) is 0. The van der Waals surface area contributed by atoms with Crippen LogP contribution in [0.2, 0.25) is 0 Å². The van der Waals surface area contributed by atoms with Gasteiger partial charge in [-0.05, 0) is 71.5 Å². The zero-order chi connectivity index (χ0) is 15.7. The lowest BCUT2D eigenvalue weighted by Gasteiger charge is -2.71. The average molecular weight is 303 g/mol. The lowest BCUT2D eigenvalue weighted by molar-refractivity contribution is -0.229. The van der Waals surface area contributed by atoms with Gasteiger partial charge in [-0.1, -0.05) is 66.7 Å². The van der Waals surface area contributed by atoms with Gasteiger partial charge < -0.3 is 0 Å². The second-order valence-electron chi connectivity index (χ2n) is 10.2. The van der Waals surface area contributed by atoms with E-state index in [0.29, 0.717) is 10.8 Å². The van der Waals surface area contributed by atoms with Crippen LogP contribution in [0, 0.1) is 52.3 Å². The quantitative estimate of drug-likeness (QED) is 0.476. The molecule has 0 aliphatic heterocycles. The topological polar surface area (TPSA) is 0 Å². The maximum atomic E-state index is 2.74. The first-order chi connectivity index (χ1) is 10.4. The van der Waals surface area contributed by atoms with Gasteiger partial charge in [-0.3, -0.25) is 0 Å². The van der Waals surface area contributed by atoms with Crippen LogP contribution >= 0.6 is 0 Å². The minimum Gasteiger partial charge on any atom is -0.0620 e. The molecule has 0 radical (unpaired) electrons. The van der Waals surface area contributed by atoms with Crippen LogP contribution in [0.5, 0.6) is 0 Å². The maximum absolute atomic E-state index is 2.74. The smallest absolute Gasteiger partial charge is 0.0235 e. The molecule has 0 heteroatoms. The van der Waals surface area contributed by atoms with Gasteiger partial charge in [0.05, 0.1) is 0 Å². The molecule has 22 heavy (non-hydrogen) atoms. The van der Waals surface area contributed by atoms with Gasteiger partial charge in [0, 0.05) is 0 Å². The van der Waals surface area contributed by atoms with Crippen LogP contribution in [0.3, 0.4) is 0 Å². The third-order valence-corrected chi connectivity index (χ3v) is 10.1. The zero-order valence-corrected chi connectivity index (χ0v) is 15.7. The van der Waals surface area contributed by atoms with E-state index in [1.54, 1.807) is 6.42 Å². The minimum absolute atomic E-state index is 0.627. The van der Waals surface area contributed by atoms with E-state index >= 15 is 0 Å². The standard InChI is InChI=1S/C22H38/c1-14-10-8-12-22-13-19-16(3)18(11-7-6-9-15(22)2)20(19)21(14,5)17(22)4/h14-20H,6-13H2,1-5H3. The molecular formula is C22H38. The minimum atomic E-state index is 0.627. The van der Waals surface area contributed by atoms with Crippen LogP contribution in [-0.2, 0) is 0 Å². The largest absolute Gasteiger partial charge is 0.0620 e. The lowest BCUT2D eigenvalue weighted by Crippen LogP contribution is -2.65. The highest BCUT2D eigenvalue weighted by molar-refractivity contribution is 5.15. The molecule has 4 aliphatic rings. The summed E-state index contributed by atoms with van der Waals surface area (Å²) in [6.07, 6.45) is 12.2. The van der Waals surface area contributed by atoms with Gasteiger partial charge in [-0.2, -0.15) is 0 Å². The van der Waals surface area contributed by atoms with Crippen molar-refractivity contribution in [3.8, 4) is 0 Å². The van der Waals surface area contributed by atoms with E-state index in [9.17, 15) is 0 Å². The lowest BCUT2D eigenvalue weighted by atomic mass is 9.34. The summed E-state index contributed by atoms with van der Waals surface area (Å²) in [7, 11) is 0. The van der Waals surface area contributed by atoms with Gasteiger partial charge in [0.25, 0.3) is 0 Å². The van der Waals surface area contributed by atoms with Crippen molar-refractivity contribution in [2.45, 2.75) is 86.0 Å². The van der Waals surface area contributed by atoms with Crippen molar-refractivity contribution in [3.63, 3.8) is 0 Å². The normalized spacial score (nSPS) is 61.2. The Kier molecular flexibility index (Phi) is 3.53. The fraction of sp³-hybridized carbons (Fsp3) is 1.00. The second-order valence-corrected chi connectivity index (χ2v) is 10.2. The molecule has 0 aromatic heterocycles. The first kappa shape index (κ1) is 15.5. The van der Waals surface area contributed by atoms with E-state index in [1.165, 1.54) is 44.9 Å². The van der Waals surface area contributed by atoms with E-state index < -0.39 is 0 Å². The molecule has 0 aromatic carbocycles. The van der Waals surface area contributed by atoms with Crippen LogP contribution in [-0.4, -0.2) is 0 Å². The fourth-order valence-electron chi connectivity index (χ4n) is 8.46. The highest BCUT2D eigenvalue weighted by atomic mass is 14.7. The van der Waals surface area contributed by atoms with Crippen molar-refractivity contribution >= 4 is 0 Å². The Hall–Kier alpha value is 0. The summed E-state index contributed by atoms with van der Waals surface area (Å²) >= 11 is 0. The predicted octanol–water partition coefficient (Wildman–Crippen LogP) is 6.55. The number of rotatable bonds is 0. The number of fused-ring (bicyclic) bond motifs is 4. The molecule has 9 unspecified atom stereocenters. The van der Waals surface area contributed by atoms with Gasteiger partial charge in [-0.15, -0.1) is 0 Å². The van der Waals surface area contributed by atoms with Gasteiger partial charge in [0.15, 0.2) is 0 Å². The van der Waals surface area contributed by atoms with Gasteiger partial charge in [-0.25, -0.2) is 0 Å². The molecule has 1 spiro atoms. The van der Waals surface area contributed by atoms with Crippen LogP contribution in [0.15, 0.2) is 0 Å². The Bertz CT molecular complexity index is 437. The average Bonchev–Trinajstić information content (AvgIpc) is 2.56. The van der Waals surface area contributed by atoms with E-state index in [1.807, 2.05) is 0 Å². The van der Waals surface area contributed by atoms with Gasteiger partial charge >= 0.3 is 0 Å². The molecule has 0 nitrogen and oxygen atoms in total. The van der Waals surface area contributed by atoms with Crippen LogP contribution in [0.25, 0.3) is 0 Å². The summed E-state index contributed by atoms with van der Waals surface area (Å²) in [4.78, 5) is 0. The van der Waals surface area contributed by atoms with Gasteiger partial charge in [0.2, 0.25) is 0 Å². The summed E-state index contributed by atoms with van der Waals surface area (Å²) in [5.74, 6) is 7.05. The molecule has 4 saturated carbocycles. The maximum Gasteiger partial charge on any atom is -0.0235 e. The number of hydrogen-bond acceptors (Lipinski definition) is 0. The Morgan fingerprint density at radius 1 is 0.773 bits per heavy atom. The molecule has 4 aliphatic carbocycles. The van der Waals surface area contributed by atoms with E-state index in [4.69, 9.17) is 0 Å². The first-order valence-electron chi connectivity index (χ1n) is 10.4. The zero-order valence-electron chi connectivity index (χ0n) is 15.7. The molecule has 4 rings (SSSR count). The molecule has 0 N–H and O–H groups in total.